The van der Waals surface area contributed by atoms with Gasteiger partial charge in [-0.1, -0.05) is 31.5 Å². The highest BCUT2D eigenvalue weighted by atomic mass is 35.5. The summed E-state index contributed by atoms with van der Waals surface area (Å²) in [7, 11) is 0. The zero-order chi connectivity index (χ0) is 17.7. The van der Waals surface area contributed by atoms with Crippen LogP contribution < -0.4 is 10.2 Å². The first-order valence-electron chi connectivity index (χ1n) is 7.72. The summed E-state index contributed by atoms with van der Waals surface area (Å²) in [4.78, 5) is 30.2. The van der Waals surface area contributed by atoms with E-state index in [2.05, 4.69) is 10.3 Å². The fourth-order valence-corrected chi connectivity index (χ4v) is 2.99. The second-order valence-electron chi connectivity index (χ2n) is 5.58. The third kappa shape index (κ3) is 4.79. The Balaban J connectivity index is 2.05. The normalized spacial score (nSPS) is 10.7. The molecule has 5 nitrogen and oxygen atoms in total. The molecule has 0 aliphatic heterocycles. The van der Waals surface area contributed by atoms with Crippen molar-refractivity contribution in [3.63, 3.8) is 0 Å². The number of halogens is 1. The quantitative estimate of drug-likeness (QED) is 0.841. The minimum Gasteiger partial charge on any atom is -0.312 e. The van der Waals surface area contributed by atoms with Gasteiger partial charge < -0.3 is 10.2 Å². The van der Waals surface area contributed by atoms with E-state index in [0.29, 0.717) is 22.4 Å². The Morgan fingerprint density at radius 3 is 2.75 bits per heavy atom. The first-order chi connectivity index (χ1) is 11.4. The van der Waals surface area contributed by atoms with Crippen molar-refractivity contribution < 1.29 is 9.59 Å². The zero-order valence-corrected chi connectivity index (χ0v) is 15.4. The summed E-state index contributed by atoms with van der Waals surface area (Å²) in [6.45, 7) is 6.09. The smallest absolute Gasteiger partial charge is 0.233 e. The van der Waals surface area contributed by atoms with Crippen LogP contribution in [0, 0.1) is 5.92 Å². The lowest BCUT2D eigenvalue weighted by Gasteiger charge is -2.20. The molecule has 2 rings (SSSR count). The minimum absolute atomic E-state index is 0.0631. The van der Waals surface area contributed by atoms with Gasteiger partial charge in [-0.2, -0.15) is 0 Å². The van der Waals surface area contributed by atoms with Gasteiger partial charge in [0.15, 0.2) is 5.13 Å². The maximum absolute atomic E-state index is 12.6. The molecular weight excluding hydrogens is 346 g/mol. The second-order valence-corrected chi connectivity index (χ2v) is 6.88. The van der Waals surface area contributed by atoms with Crippen LogP contribution in [0.5, 0.6) is 0 Å². The van der Waals surface area contributed by atoms with Gasteiger partial charge in [0.25, 0.3) is 0 Å². The highest BCUT2D eigenvalue weighted by molar-refractivity contribution is 7.13. The molecule has 0 unspecified atom stereocenters. The molecule has 0 spiro atoms. The molecule has 0 atom stereocenters. The van der Waals surface area contributed by atoms with Gasteiger partial charge in [0, 0.05) is 28.6 Å². The van der Waals surface area contributed by atoms with Gasteiger partial charge in [-0.25, -0.2) is 4.98 Å². The number of nitrogens with one attached hydrogen (secondary N) is 1. The van der Waals surface area contributed by atoms with Crippen LogP contribution in [-0.4, -0.2) is 23.3 Å². The van der Waals surface area contributed by atoms with E-state index in [0.717, 1.165) is 5.69 Å². The first kappa shape index (κ1) is 18.4. The number of benzene rings is 1. The van der Waals surface area contributed by atoms with E-state index in [9.17, 15) is 9.59 Å². The van der Waals surface area contributed by atoms with Gasteiger partial charge in [0.2, 0.25) is 11.8 Å². The van der Waals surface area contributed by atoms with Crippen LogP contribution in [0.3, 0.4) is 0 Å². The van der Waals surface area contributed by atoms with E-state index >= 15 is 0 Å². The molecular formula is C17H20ClN3O2S. The fraction of sp³-hybridized carbons (Fsp3) is 0.353. The maximum atomic E-state index is 12.6. The fourth-order valence-electron chi connectivity index (χ4n) is 2.09. The SMILES string of the molecule is CCN(C(=O)Cc1csc(NC(=O)C(C)C)n1)c1cccc(Cl)c1. The molecule has 0 bridgehead atoms. The van der Waals surface area contributed by atoms with Crippen LogP contribution in [0.25, 0.3) is 0 Å². The van der Waals surface area contributed by atoms with Gasteiger partial charge in [-0.15, -0.1) is 11.3 Å². The molecule has 2 aromatic rings. The van der Waals surface area contributed by atoms with Crippen molar-refractivity contribution in [1.29, 1.82) is 0 Å². The zero-order valence-electron chi connectivity index (χ0n) is 13.9. The average Bonchev–Trinajstić information content (AvgIpc) is 2.95. The molecule has 0 radical (unpaired) electrons. The van der Waals surface area contributed by atoms with E-state index in [1.165, 1.54) is 11.3 Å². The number of carbonyl (C=O) groups is 2. The van der Waals surface area contributed by atoms with Crippen molar-refractivity contribution in [1.82, 2.24) is 4.98 Å². The van der Waals surface area contributed by atoms with Gasteiger partial charge in [-0.3, -0.25) is 9.59 Å². The Labute approximate surface area is 150 Å². The molecule has 24 heavy (non-hydrogen) atoms. The number of rotatable bonds is 6. The van der Waals surface area contributed by atoms with Gasteiger partial charge in [0.1, 0.15) is 0 Å². The van der Waals surface area contributed by atoms with Crippen LogP contribution >= 0.6 is 22.9 Å². The van der Waals surface area contributed by atoms with Crippen molar-refractivity contribution in [2.45, 2.75) is 27.2 Å². The van der Waals surface area contributed by atoms with Crippen molar-refractivity contribution in [3.05, 3.63) is 40.4 Å². The van der Waals surface area contributed by atoms with Crippen molar-refractivity contribution in [2.24, 2.45) is 5.92 Å². The molecule has 0 saturated heterocycles. The molecule has 1 N–H and O–H groups in total. The van der Waals surface area contributed by atoms with Crippen molar-refractivity contribution >= 4 is 45.6 Å². The Morgan fingerprint density at radius 1 is 1.38 bits per heavy atom. The molecule has 0 aliphatic carbocycles. The number of likely N-dealkylation sites (N-methyl/N-ethyl adjacent to an activating group) is 1. The Morgan fingerprint density at radius 2 is 2.12 bits per heavy atom. The number of nitrogens with zero attached hydrogens (tertiary/aromatic N) is 2. The standard InChI is InChI=1S/C17H20ClN3O2S/c1-4-21(14-7-5-6-12(18)8-14)15(22)9-13-10-24-17(19-13)20-16(23)11(2)3/h5-8,10-11H,4,9H2,1-3H3,(H,19,20,23). The lowest BCUT2D eigenvalue weighted by atomic mass is 10.2. The Bertz CT molecular complexity index is 730. The van der Waals surface area contributed by atoms with Crippen molar-refractivity contribution in [3.8, 4) is 0 Å². The molecule has 0 aliphatic rings. The summed E-state index contributed by atoms with van der Waals surface area (Å²) in [5.74, 6) is -0.263. The molecule has 2 amide bonds. The molecule has 1 aromatic carbocycles. The third-order valence-corrected chi connectivity index (χ3v) is 4.42. The second kappa shape index (κ2) is 8.26. The molecule has 128 valence electrons. The Hall–Kier alpha value is -1.92. The van der Waals surface area contributed by atoms with E-state index in [-0.39, 0.29) is 24.2 Å². The van der Waals surface area contributed by atoms with Crippen molar-refractivity contribution in [2.75, 3.05) is 16.8 Å². The lowest BCUT2D eigenvalue weighted by molar-refractivity contribution is -0.119. The number of carbonyl (C=O) groups excluding carboxylic acids is 2. The summed E-state index contributed by atoms with van der Waals surface area (Å²) in [5.41, 5.74) is 1.41. The summed E-state index contributed by atoms with van der Waals surface area (Å²) in [6, 6.07) is 7.20. The molecule has 1 aromatic heterocycles. The lowest BCUT2D eigenvalue weighted by Crippen LogP contribution is -2.32. The molecule has 0 saturated carbocycles. The third-order valence-electron chi connectivity index (χ3n) is 3.38. The van der Waals surface area contributed by atoms with E-state index < -0.39 is 0 Å². The number of aromatic nitrogens is 1. The minimum atomic E-state index is -0.114. The number of amides is 2. The van der Waals surface area contributed by atoms with Crippen LogP contribution in [0.4, 0.5) is 10.8 Å². The molecule has 1 heterocycles. The van der Waals surface area contributed by atoms with E-state index in [1.54, 1.807) is 22.4 Å². The molecule has 0 fully saturated rings. The summed E-state index contributed by atoms with van der Waals surface area (Å²) < 4.78 is 0. The van der Waals surface area contributed by atoms with Crippen LogP contribution in [0.15, 0.2) is 29.6 Å². The summed E-state index contributed by atoms with van der Waals surface area (Å²) >= 11 is 7.32. The monoisotopic (exact) mass is 365 g/mol. The Kier molecular flexibility index (Phi) is 6.34. The van der Waals surface area contributed by atoms with Crippen LogP contribution in [0.1, 0.15) is 26.5 Å². The largest absolute Gasteiger partial charge is 0.312 e. The summed E-state index contributed by atoms with van der Waals surface area (Å²) in [6.07, 6.45) is 0.175. The number of hydrogen-bond acceptors (Lipinski definition) is 4. The highest BCUT2D eigenvalue weighted by Gasteiger charge is 2.17. The van der Waals surface area contributed by atoms with E-state index in [4.69, 9.17) is 11.6 Å². The first-order valence-corrected chi connectivity index (χ1v) is 8.97. The van der Waals surface area contributed by atoms with Gasteiger partial charge >= 0.3 is 0 Å². The van der Waals surface area contributed by atoms with Gasteiger partial charge in [-0.05, 0) is 25.1 Å². The van der Waals surface area contributed by atoms with Crippen LogP contribution in [-0.2, 0) is 16.0 Å². The number of hydrogen-bond donors (Lipinski definition) is 1. The number of thiazole rings is 1. The van der Waals surface area contributed by atoms with Crippen LogP contribution in [0.2, 0.25) is 5.02 Å². The topological polar surface area (TPSA) is 62.3 Å². The predicted octanol–water partition coefficient (Wildman–Crippen LogP) is 3.99. The summed E-state index contributed by atoms with van der Waals surface area (Å²) in [5, 5.41) is 5.64. The van der Waals surface area contributed by atoms with E-state index in [1.807, 2.05) is 32.9 Å². The van der Waals surface area contributed by atoms with Gasteiger partial charge in [0.05, 0.1) is 12.1 Å². The highest BCUT2D eigenvalue weighted by Crippen LogP contribution is 2.21. The maximum Gasteiger partial charge on any atom is 0.233 e. The molecule has 7 heteroatoms. The predicted molar refractivity (Wildman–Crippen MR) is 98.8 cm³/mol. The average molecular weight is 366 g/mol. The number of anilines is 2.